The van der Waals surface area contributed by atoms with Gasteiger partial charge >= 0.3 is 29.8 Å². The van der Waals surface area contributed by atoms with Crippen molar-refractivity contribution >= 4 is 65.3 Å². The lowest BCUT2D eigenvalue weighted by Crippen LogP contribution is -2.45. The summed E-state index contributed by atoms with van der Waals surface area (Å²) in [4.78, 5) is 131. The van der Waals surface area contributed by atoms with Crippen molar-refractivity contribution in [1.82, 2.24) is 31.9 Å². The van der Waals surface area contributed by atoms with Crippen LogP contribution in [-0.4, -0.2) is 187 Å². The summed E-state index contributed by atoms with van der Waals surface area (Å²) in [6, 6.07) is -5.42. The van der Waals surface area contributed by atoms with Crippen LogP contribution < -0.4 is 37.6 Å². The highest BCUT2D eigenvalue weighted by Crippen LogP contribution is 2.14. The van der Waals surface area contributed by atoms with E-state index in [1.807, 2.05) is 0 Å². The summed E-state index contributed by atoms with van der Waals surface area (Å²) in [6.07, 6.45) is 14.5. The van der Waals surface area contributed by atoms with Crippen molar-refractivity contribution in [3.05, 3.63) is 0 Å². The Bertz CT molecular complexity index is 1780. The highest BCUT2D eigenvalue weighted by Gasteiger charge is 2.26. The molecule has 0 fully saturated rings. The first-order chi connectivity index (χ1) is 37.4. The van der Waals surface area contributed by atoms with Crippen LogP contribution in [0.2, 0.25) is 0 Å². The Hall–Kier alpha value is -6.03. The molecule has 0 aliphatic heterocycles. The summed E-state index contributed by atoms with van der Waals surface area (Å²) in [5.41, 5.74) is 5.40. The molecule has 0 heterocycles. The van der Waals surface area contributed by atoms with Crippen LogP contribution in [0.1, 0.15) is 161 Å². The number of rotatable bonds is 54. The first-order valence-electron chi connectivity index (χ1n) is 27.2. The molecule has 13 N–H and O–H groups in total. The molecule has 0 aromatic carbocycles. The van der Waals surface area contributed by atoms with E-state index in [9.17, 15) is 73.2 Å². The zero-order valence-electron chi connectivity index (χ0n) is 45.2. The predicted molar refractivity (Wildman–Crippen MR) is 280 cm³/mol. The third-order valence-corrected chi connectivity index (χ3v) is 11.9. The SMILES string of the molecule is NCCCCC(NC(=O)CC[C@H](NC(=O)CC[C@H](NC(=O)COCCOCCNC(=O)COCCOCCNC(=O)CC[C@H](NC(=O)CCCCCCCCCCCCCCCCC(=O)O)C(=O)O)C(=O)O)C(=O)O)C(=O)O. The minimum atomic E-state index is -1.53. The molecule has 78 heavy (non-hydrogen) atoms. The number of nitrogens with two attached hydrogens (primary N) is 1. The third-order valence-electron chi connectivity index (χ3n) is 11.9. The normalized spacial score (nSPS) is 12.5. The Balaban J connectivity index is 4.00. The van der Waals surface area contributed by atoms with Gasteiger partial charge in [-0.2, -0.15) is 0 Å². The van der Waals surface area contributed by atoms with E-state index < -0.39 is 109 Å². The van der Waals surface area contributed by atoms with Crippen molar-refractivity contribution in [1.29, 1.82) is 0 Å². The Kier molecular flexibility index (Phi) is 44.4. The first-order valence-corrected chi connectivity index (χ1v) is 27.2. The third kappa shape index (κ3) is 44.0. The topological polar surface area (TPSA) is 424 Å². The molecule has 6 amide bonds. The highest BCUT2D eigenvalue weighted by atomic mass is 16.5. The van der Waals surface area contributed by atoms with Gasteiger partial charge in [-0.1, -0.05) is 77.0 Å². The number of carbonyl (C=O) groups excluding carboxylic acids is 6. The van der Waals surface area contributed by atoms with E-state index in [1.165, 1.54) is 32.1 Å². The molecule has 0 aliphatic carbocycles. The summed E-state index contributed by atoms with van der Waals surface area (Å²) in [7, 11) is 0. The number of unbranched alkanes of at least 4 members (excludes halogenated alkanes) is 14. The zero-order chi connectivity index (χ0) is 58.2. The van der Waals surface area contributed by atoms with E-state index in [2.05, 4.69) is 31.9 Å². The van der Waals surface area contributed by atoms with Crippen LogP contribution in [0.4, 0.5) is 0 Å². The van der Waals surface area contributed by atoms with Gasteiger partial charge in [-0.05, 0) is 57.9 Å². The van der Waals surface area contributed by atoms with Crippen LogP contribution in [0.25, 0.3) is 0 Å². The number of hydrogen-bond acceptors (Lipinski definition) is 16. The number of hydrogen-bond donors (Lipinski definition) is 12. The Morgan fingerprint density at radius 2 is 0.641 bits per heavy atom. The Labute approximate surface area is 456 Å². The molecule has 0 radical (unpaired) electrons. The van der Waals surface area contributed by atoms with Crippen molar-refractivity contribution in [3.8, 4) is 0 Å². The first kappa shape index (κ1) is 72.0. The van der Waals surface area contributed by atoms with Crippen LogP contribution in [0.15, 0.2) is 0 Å². The molecular formula is C51H89N7O20. The largest absolute Gasteiger partial charge is 0.481 e. The second-order valence-corrected chi connectivity index (χ2v) is 18.6. The molecule has 0 aromatic heterocycles. The standard InChI is InChI=1S/C51H89N7O20/c52-26-16-15-17-37(48(67)68)55-43(61)24-21-39(50(71)72)57-44(62)25-22-40(51(73)74)58-46(64)36-78-34-32-76-30-28-54-45(63)35-77-33-31-75-29-27-53-41(59)23-20-38(49(69)70)56-42(60)18-13-11-9-7-5-3-1-2-4-6-8-10-12-14-19-47(65)66/h37-40H,1-36,52H2,(H,53,59)(H,54,63)(H,55,61)(H,56,60)(H,57,62)(H,58,64)(H,65,66)(H,67,68)(H,69,70)(H,71,72)(H,73,74)/t37?,38-,39-,40-/m0/s1. The van der Waals surface area contributed by atoms with E-state index in [0.29, 0.717) is 25.8 Å². The molecule has 0 rings (SSSR count). The molecule has 0 saturated carbocycles. The van der Waals surface area contributed by atoms with Crippen molar-refractivity contribution in [2.75, 3.05) is 72.5 Å². The average Bonchev–Trinajstić information content (AvgIpc) is 3.38. The lowest BCUT2D eigenvalue weighted by Gasteiger charge is -2.18. The molecule has 0 aliphatic rings. The minimum Gasteiger partial charge on any atom is -0.481 e. The molecule has 4 atom stereocenters. The van der Waals surface area contributed by atoms with E-state index in [4.69, 9.17) is 29.8 Å². The van der Waals surface area contributed by atoms with E-state index in [0.717, 1.165) is 51.4 Å². The van der Waals surface area contributed by atoms with Crippen molar-refractivity contribution < 1.29 is 97.2 Å². The maximum Gasteiger partial charge on any atom is 0.326 e. The summed E-state index contributed by atoms with van der Waals surface area (Å²) < 4.78 is 21.1. The molecule has 27 heteroatoms. The number of carboxylic acids is 5. The molecule has 0 aromatic rings. The maximum atomic E-state index is 12.4. The van der Waals surface area contributed by atoms with Crippen molar-refractivity contribution in [2.45, 2.75) is 185 Å². The van der Waals surface area contributed by atoms with Gasteiger partial charge in [0.05, 0.1) is 39.6 Å². The number of aliphatic carboxylic acids is 5. The number of ether oxygens (including phenoxy) is 4. The minimum absolute atomic E-state index is 0.0231. The smallest absolute Gasteiger partial charge is 0.326 e. The monoisotopic (exact) mass is 1120 g/mol. The molecule has 0 spiro atoms. The summed E-state index contributed by atoms with van der Waals surface area (Å²) >= 11 is 0. The molecule has 0 saturated heterocycles. The van der Waals surface area contributed by atoms with Crippen LogP contribution in [0, 0.1) is 0 Å². The molecular weight excluding hydrogens is 1030 g/mol. The van der Waals surface area contributed by atoms with Gasteiger partial charge in [0, 0.05) is 45.2 Å². The van der Waals surface area contributed by atoms with Crippen LogP contribution >= 0.6 is 0 Å². The number of carbonyl (C=O) groups is 11. The lowest BCUT2D eigenvalue weighted by atomic mass is 10.0. The van der Waals surface area contributed by atoms with Gasteiger partial charge in [0.2, 0.25) is 35.4 Å². The Morgan fingerprint density at radius 3 is 1.04 bits per heavy atom. The van der Waals surface area contributed by atoms with Gasteiger partial charge in [0.25, 0.3) is 0 Å². The zero-order valence-corrected chi connectivity index (χ0v) is 45.2. The summed E-state index contributed by atoms with van der Waals surface area (Å²) in [5.74, 6) is -9.74. The van der Waals surface area contributed by atoms with Crippen molar-refractivity contribution in [2.24, 2.45) is 5.73 Å². The molecule has 27 nitrogen and oxygen atoms in total. The fourth-order valence-corrected chi connectivity index (χ4v) is 7.50. The maximum absolute atomic E-state index is 12.4. The Morgan fingerprint density at radius 1 is 0.321 bits per heavy atom. The van der Waals surface area contributed by atoms with Gasteiger partial charge in [0.1, 0.15) is 37.4 Å². The molecule has 448 valence electrons. The van der Waals surface area contributed by atoms with Gasteiger partial charge in [-0.15, -0.1) is 0 Å². The van der Waals surface area contributed by atoms with E-state index in [-0.39, 0.29) is 104 Å². The molecule has 0 bridgehead atoms. The highest BCUT2D eigenvalue weighted by molar-refractivity contribution is 5.88. The van der Waals surface area contributed by atoms with Gasteiger partial charge in [-0.3, -0.25) is 33.6 Å². The fourth-order valence-electron chi connectivity index (χ4n) is 7.50. The van der Waals surface area contributed by atoms with Crippen LogP contribution in [0.3, 0.4) is 0 Å². The second-order valence-electron chi connectivity index (χ2n) is 18.6. The van der Waals surface area contributed by atoms with Gasteiger partial charge in [-0.25, -0.2) is 19.2 Å². The second kappa shape index (κ2) is 48.1. The summed E-state index contributed by atoms with van der Waals surface area (Å²) in [6.45, 7) is 0.221. The number of amides is 6. The quantitative estimate of drug-likeness (QED) is 0.0383. The van der Waals surface area contributed by atoms with E-state index in [1.54, 1.807) is 0 Å². The predicted octanol–water partition coefficient (Wildman–Crippen LogP) is 1.36. The average molecular weight is 1120 g/mol. The number of nitrogens with one attached hydrogen (secondary N) is 6. The van der Waals surface area contributed by atoms with E-state index >= 15 is 0 Å². The lowest BCUT2D eigenvalue weighted by molar-refractivity contribution is -0.144. The fraction of sp³-hybridized carbons (Fsp3) is 0.784. The molecule has 1 unspecified atom stereocenters. The van der Waals surface area contributed by atoms with Crippen molar-refractivity contribution in [3.63, 3.8) is 0 Å². The van der Waals surface area contributed by atoms with Gasteiger partial charge < -0.3 is 82.1 Å². The van der Waals surface area contributed by atoms with Gasteiger partial charge in [0.15, 0.2) is 0 Å². The van der Waals surface area contributed by atoms with Crippen LogP contribution in [-0.2, 0) is 71.7 Å². The number of carboxylic acid groups (broad SMARTS) is 5. The van der Waals surface area contributed by atoms with Crippen LogP contribution in [0.5, 0.6) is 0 Å². The summed E-state index contributed by atoms with van der Waals surface area (Å²) in [5, 5.41) is 60.9.